The number of hydrogen-bond donors (Lipinski definition) is 4. The summed E-state index contributed by atoms with van der Waals surface area (Å²) < 4.78 is 0. The molecular formula is C16H34N2O4. The third kappa shape index (κ3) is 21.2. The van der Waals surface area contributed by atoms with E-state index in [2.05, 4.69) is 6.92 Å². The molecule has 0 heterocycles. The van der Waals surface area contributed by atoms with E-state index in [1.807, 2.05) is 0 Å². The highest BCUT2D eigenvalue weighted by molar-refractivity contribution is 5.72. The SMILES string of the molecule is CCCCCCCCCC(=O)O.NCCCC[C@H](N)C(=O)O. The Labute approximate surface area is 134 Å². The summed E-state index contributed by atoms with van der Waals surface area (Å²) >= 11 is 0. The number of rotatable bonds is 13. The molecule has 22 heavy (non-hydrogen) atoms. The zero-order chi connectivity index (χ0) is 17.2. The first kappa shape index (κ1) is 23.1. The minimum Gasteiger partial charge on any atom is -0.481 e. The first-order chi connectivity index (χ1) is 10.5. The van der Waals surface area contributed by atoms with E-state index in [1.165, 1.54) is 32.1 Å². The number of unbranched alkanes of at least 4 members (excludes halogenated alkanes) is 7. The van der Waals surface area contributed by atoms with E-state index in [0.717, 1.165) is 25.7 Å². The maximum absolute atomic E-state index is 10.1. The molecular weight excluding hydrogens is 284 g/mol. The lowest BCUT2D eigenvalue weighted by Gasteiger charge is -2.03. The van der Waals surface area contributed by atoms with Crippen LogP contribution in [0.5, 0.6) is 0 Å². The first-order valence-electron chi connectivity index (χ1n) is 8.35. The zero-order valence-electron chi connectivity index (χ0n) is 13.9. The van der Waals surface area contributed by atoms with E-state index in [4.69, 9.17) is 21.7 Å². The lowest BCUT2D eigenvalue weighted by Crippen LogP contribution is -2.29. The monoisotopic (exact) mass is 318 g/mol. The Morgan fingerprint density at radius 2 is 1.45 bits per heavy atom. The fourth-order valence-corrected chi connectivity index (χ4v) is 1.87. The number of carbonyl (C=O) groups is 2. The van der Waals surface area contributed by atoms with Gasteiger partial charge >= 0.3 is 11.9 Å². The predicted octanol–water partition coefficient (Wildman–Crippen LogP) is 2.74. The van der Waals surface area contributed by atoms with Gasteiger partial charge in [0.05, 0.1) is 0 Å². The largest absolute Gasteiger partial charge is 0.481 e. The molecule has 0 aliphatic rings. The van der Waals surface area contributed by atoms with Gasteiger partial charge in [-0.25, -0.2) is 0 Å². The van der Waals surface area contributed by atoms with Gasteiger partial charge in [-0.2, -0.15) is 0 Å². The summed E-state index contributed by atoms with van der Waals surface area (Å²) in [6, 6.07) is -0.716. The lowest BCUT2D eigenvalue weighted by molar-refractivity contribution is -0.139. The van der Waals surface area contributed by atoms with Crippen LogP contribution in [-0.4, -0.2) is 34.7 Å². The molecule has 6 nitrogen and oxygen atoms in total. The Morgan fingerprint density at radius 1 is 0.909 bits per heavy atom. The highest BCUT2D eigenvalue weighted by atomic mass is 16.4. The van der Waals surface area contributed by atoms with Crippen molar-refractivity contribution in [3.05, 3.63) is 0 Å². The maximum atomic E-state index is 10.1. The van der Waals surface area contributed by atoms with Crippen LogP contribution in [0.25, 0.3) is 0 Å². The Morgan fingerprint density at radius 3 is 1.91 bits per heavy atom. The fourth-order valence-electron chi connectivity index (χ4n) is 1.87. The van der Waals surface area contributed by atoms with E-state index >= 15 is 0 Å². The van der Waals surface area contributed by atoms with Crippen LogP contribution < -0.4 is 11.5 Å². The summed E-state index contributed by atoms with van der Waals surface area (Å²) in [5, 5.41) is 16.7. The second kappa shape index (κ2) is 17.9. The lowest BCUT2D eigenvalue weighted by atomic mass is 10.1. The van der Waals surface area contributed by atoms with Crippen LogP contribution in [0, 0.1) is 0 Å². The van der Waals surface area contributed by atoms with Crippen LogP contribution in [0.4, 0.5) is 0 Å². The van der Waals surface area contributed by atoms with Gasteiger partial charge in [0, 0.05) is 6.42 Å². The molecule has 0 aromatic rings. The smallest absolute Gasteiger partial charge is 0.320 e. The van der Waals surface area contributed by atoms with Gasteiger partial charge in [0.15, 0.2) is 0 Å². The molecule has 132 valence electrons. The number of hydrogen-bond acceptors (Lipinski definition) is 4. The highest BCUT2D eigenvalue weighted by Gasteiger charge is 2.09. The number of aliphatic carboxylic acids is 2. The summed E-state index contributed by atoms with van der Waals surface area (Å²) in [5.41, 5.74) is 10.4. The van der Waals surface area contributed by atoms with Gasteiger partial charge in [-0.1, -0.05) is 51.9 Å². The average Bonchev–Trinajstić information content (AvgIpc) is 2.46. The molecule has 6 N–H and O–H groups in total. The van der Waals surface area contributed by atoms with Crippen LogP contribution in [0.3, 0.4) is 0 Å². The average molecular weight is 318 g/mol. The van der Waals surface area contributed by atoms with Gasteiger partial charge in [0.1, 0.15) is 6.04 Å². The van der Waals surface area contributed by atoms with Crippen molar-refractivity contribution in [1.29, 1.82) is 0 Å². The molecule has 0 aliphatic carbocycles. The third-order valence-corrected chi connectivity index (χ3v) is 3.28. The van der Waals surface area contributed by atoms with Crippen molar-refractivity contribution in [1.82, 2.24) is 0 Å². The fraction of sp³-hybridized carbons (Fsp3) is 0.875. The van der Waals surface area contributed by atoms with Crippen LogP contribution in [0.2, 0.25) is 0 Å². The summed E-state index contributed by atoms with van der Waals surface area (Å²) in [6.45, 7) is 2.80. The van der Waals surface area contributed by atoms with E-state index in [0.29, 0.717) is 19.4 Å². The van der Waals surface area contributed by atoms with E-state index in [-0.39, 0.29) is 0 Å². The Hall–Kier alpha value is -1.14. The van der Waals surface area contributed by atoms with Crippen molar-refractivity contribution in [3.8, 4) is 0 Å². The van der Waals surface area contributed by atoms with Crippen LogP contribution in [0.1, 0.15) is 77.6 Å². The van der Waals surface area contributed by atoms with Gasteiger partial charge in [0.25, 0.3) is 0 Å². The van der Waals surface area contributed by atoms with Crippen LogP contribution in [-0.2, 0) is 9.59 Å². The minimum absolute atomic E-state index is 0.341. The van der Waals surface area contributed by atoms with Gasteiger partial charge in [-0.15, -0.1) is 0 Å². The molecule has 0 fully saturated rings. The topological polar surface area (TPSA) is 127 Å². The maximum Gasteiger partial charge on any atom is 0.320 e. The molecule has 0 aromatic carbocycles. The van der Waals surface area contributed by atoms with Crippen molar-refractivity contribution in [3.63, 3.8) is 0 Å². The molecule has 0 amide bonds. The molecule has 0 bridgehead atoms. The van der Waals surface area contributed by atoms with Gasteiger partial charge in [0.2, 0.25) is 0 Å². The molecule has 0 unspecified atom stereocenters. The molecule has 6 heteroatoms. The zero-order valence-corrected chi connectivity index (χ0v) is 13.9. The van der Waals surface area contributed by atoms with Crippen molar-refractivity contribution in [2.75, 3.05) is 6.54 Å². The first-order valence-corrected chi connectivity index (χ1v) is 8.35. The quantitative estimate of drug-likeness (QED) is 0.387. The van der Waals surface area contributed by atoms with E-state index in [1.54, 1.807) is 0 Å². The standard InChI is InChI=1S/C10H20O2.C6H14N2O2/c1-2-3-4-5-6-7-8-9-10(11)12;7-4-2-1-3-5(8)6(9)10/h2-9H2,1H3,(H,11,12);5H,1-4,7-8H2,(H,9,10)/t;5-/m.0/s1. The summed E-state index contributed by atoms with van der Waals surface area (Å²) in [5.74, 6) is -1.60. The molecule has 0 radical (unpaired) electrons. The summed E-state index contributed by atoms with van der Waals surface area (Å²) in [6.07, 6.45) is 10.8. The highest BCUT2D eigenvalue weighted by Crippen LogP contribution is 2.07. The molecule has 0 aromatic heterocycles. The number of carboxylic acids is 2. The Bertz CT molecular complexity index is 273. The minimum atomic E-state index is -0.933. The van der Waals surface area contributed by atoms with Crippen molar-refractivity contribution in [2.24, 2.45) is 11.5 Å². The second-order valence-corrected chi connectivity index (χ2v) is 5.49. The molecule has 0 saturated heterocycles. The normalized spacial score (nSPS) is 11.4. The van der Waals surface area contributed by atoms with Crippen molar-refractivity contribution >= 4 is 11.9 Å². The Kier molecular flexibility index (Phi) is 18.8. The molecule has 0 rings (SSSR count). The molecule has 0 saturated carbocycles. The molecule has 0 spiro atoms. The number of nitrogens with two attached hydrogens (primary N) is 2. The summed E-state index contributed by atoms with van der Waals surface area (Å²) in [4.78, 5) is 20.3. The molecule has 1 atom stereocenters. The van der Waals surface area contributed by atoms with Crippen LogP contribution in [0.15, 0.2) is 0 Å². The molecule has 0 aliphatic heterocycles. The van der Waals surface area contributed by atoms with Gasteiger partial charge in [-0.3, -0.25) is 9.59 Å². The number of carboxylic acid groups (broad SMARTS) is 2. The van der Waals surface area contributed by atoms with E-state index in [9.17, 15) is 9.59 Å². The third-order valence-electron chi connectivity index (χ3n) is 3.28. The second-order valence-electron chi connectivity index (χ2n) is 5.49. The van der Waals surface area contributed by atoms with Gasteiger partial charge in [-0.05, 0) is 25.8 Å². The van der Waals surface area contributed by atoms with Crippen molar-refractivity contribution in [2.45, 2.75) is 83.6 Å². The summed E-state index contributed by atoms with van der Waals surface area (Å²) in [7, 11) is 0. The Balaban J connectivity index is 0. The van der Waals surface area contributed by atoms with Gasteiger partial charge < -0.3 is 21.7 Å². The predicted molar refractivity (Wildman–Crippen MR) is 88.8 cm³/mol. The van der Waals surface area contributed by atoms with Crippen molar-refractivity contribution < 1.29 is 19.8 Å². The van der Waals surface area contributed by atoms with Crippen LogP contribution >= 0.6 is 0 Å². The van der Waals surface area contributed by atoms with E-state index < -0.39 is 18.0 Å².